The number of thiazole rings is 1. The topological polar surface area (TPSA) is 33.2 Å². The second-order valence-corrected chi connectivity index (χ2v) is 5.05. The van der Waals surface area contributed by atoms with Gasteiger partial charge in [0, 0.05) is 18.8 Å². The van der Waals surface area contributed by atoms with E-state index in [4.69, 9.17) is 0 Å². The average Bonchev–Trinajstić information content (AvgIpc) is 2.83. The number of aromatic nitrogens is 1. The van der Waals surface area contributed by atoms with E-state index in [1.165, 1.54) is 16.9 Å². The van der Waals surface area contributed by atoms with Gasteiger partial charge in [-0.15, -0.1) is 11.3 Å². The molecule has 0 aliphatic rings. The van der Waals surface area contributed by atoms with Gasteiger partial charge in [0.15, 0.2) is 5.13 Å². The van der Waals surface area contributed by atoms with E-state index in [1.54, 1.807) is 11.9 Å². The van der Waals surface area contributed by atoms with E-state index < -0.39 is 0 Å². The number of anilines is 1. The minimum atomic E-state index is 0.105. The molecule has 0 saturated carbocycles. The van der Waals surface area contributed by atoms with Crippen molar-refractivity contribution in [3.05, 3.63) is 47.0 Å². The van der Waals surface area contributed by atoms with Crippen molar-refractivity contribution in [2.24, 2.45) is 0 Å². The number of aryl methyl sites for hydroxylation is 2. The molecule has 1 amide bonds. The lowest BCUT2D eigenvalue weighted by molar-refractivity contribution is -0.118. The Hall–Kier alpha value is -1.68. The van der Waals surface area contributed by atoms with Crippen molar-refractivity contribution < 1.29 is 4.79 Å². The van der Waals surface area contributed by atoms with Crippen LogP contribution in [0.5, 0.6) is 0 Å². The van der Waals surface area contributed by atoms with Crippen LogP contribution in [0.4, 0.5) is 5.13 Å². The molecule has 18 heavy (non-hydrogen) atoms. The van der Waals surface area contributed by atoms with Gasteiger partial charge in [0.2, 0.25) is 5.91 Å². The Labute approximate surface area is 111 Å². The molecule has 94 valence electrons. The molecule has 0 aliphatic carbocycles. The Bertz CT molecular complexity index is 522. The number of nitrogens with zero attached hydrogens (tertiary/aromatic N) is 2. The first-order chi connectivity index (χ1) is 8.66. The minimum Gasteiger partial charge on any atom is -0.291 e. The number of benzene rings is 1. The average molecular weight is 260 g/mol. The Morgan fingerprint density at radius 3 is 2.67 bits per heavy atom. The molecule has 3 nitrogen and oxygen atoms in total. The fraction of sp³-hybridized carbons (Fsp3) is 0.286. The summed E-state index contributed by atoms with van der Waals surface area (Å²) in [6, 6.07) is 10.1. The molecule has 0 saturated heterocycles. The predicted molar refractivity (Wildman–Crippen MR) is 75.0 cm³/mol. The summed E-state index contributed by atoms with van der Waals surface area (Å²) in [6.45, 7) is 1.93. The minimum absolute atomic E-state index is 0.105. The summed E-state index contributed by atoms with van der Waals surface area (Å²) < 4.78 is 0. The molecule has 4 heteroatoms. The zero-order valence-electron chi connectivity index (χ0n) is 10.6. The second-order valence-electron chi connectivity index (χ2n) is 4.21. The van der Waals surface area contributed by atoms with Gasteiger partial charge in [0.05, 0.1) is 5.69 Å². The Kier molecular flexibility index (Phi) is 4.10. The molecule has 1 aromatic carbocycles. The van der Waals surface area contributed by atoms with Gasteiger partial charge in [-0.05, 0) is 18.9 Å². The van der Waals surface area contributed by atoms with E-state index in [-0.39, 0.29) is 5.91 Å². The molecule has 0 atom stereocenters. The van der Waals surface area contributed by atoms with Crippen LogP contribution in [0.1, 0.15) is 17.7 Å². The highest BCUT2D eigenvalue weighted by Crippen LogP contribution is 2.19. The van der Waals surface area contributed by atoms with E-state index in [0.717, 1.165) is 17.2 Å². The van der Waals surface area contributed by atoms with Crippen LogP contribution in [0.2, 0.25) is 0 Å². The summed E-state index contributed by atoms with van der Waals surface area (Å²) in [4.78, 5) is 18.0. The molecular formula is C14H16N2OS. The van der Waals surface area contributed by atoms with Crippen molar-refractivity contribution in [3.8, 4) is 0 Å². The quantitative estimate of drug-likeness (QED) is 0.846. The van der Waals surface area contributed by atoms with Gasteiger partial charge in [-0.1, -0.05) is 30.3 Å². The van der Waals surface area contributed by atoms with Crippen molar-refractivity contribution in [2.45, 2.75) is 19.8 Å². The number of carbonyl (C=O) groups is 1. The van der Waals surface area contributed by atoms with E-state index in [1.807, 2.05) is 42.6 Å². The van der Waals surface area contributed by atoms with Crippen LogP contribution in [0.15, 0.2) is 35.7 Å². The second kappa shape index (κ2) is 5.78. The van der Waals surface area contributed by atoms with Gasteiger partial charge in [-0.3, -0.25) is 9.69 Å². The van der Waals surface area contributed by atoms with Crippen LogP contribution in [0.3, 0.4) is 0 Å². The standard InChI is InChI=1S/C14H16N2OS/c1-11-10-18-14(15-11)16(2)13(17)9-8-12-6-4-3-5-7-12/h3-7,10H,8-9H2,1-2H3. The molecule has 0 radical (unpaired) electrons. The van der Waals surface area contributed by atoms with Gasteiger partial charge >= 0.3 is 0 Å². The molecule has 1 aromatic heterocycles. The number of rotatable bonds is 4. The van der Waals surface area contributed by atoms with Gasteiger partial charge < -0.3 is 0 Å². The summed E-state index contributed by atoms with van der Waals surface area (Å²) in [7, 11) is 1.78. The first-order valence-corrected chi connectivity index (χ1v) is 6.77. The fourth-order valence-electron chi connectivity index (χ4n) is 1.67. The molecule has 0 bridgehead atoms. The fourth-order valence-corrected chi connectivity index (χ4v) is 2.45. The number of hydrogen-bond acceptors (Lipinski definition) is 3. The summed E-state index contributed by atoms with van der Waals surface area (Å²) in [5, 5.41) is 2.72. The van der Waals surface area contributed by atoms with Gasteiger partial charge in [0.1, 0.15) is 0 Å². The van der Waals surface area contributed by atoms with Crippen molar-refractivity contribution in [2.75, 3.05) is 11.9 Å². The van der Waals surface area contributed by atoms with E-state index in [2.05, 4.69) is 4.98 Å². The maximum atomic E-state index is 12.0. The monoisotopic (exact) mass is 260 g/mol. The van der Waals surface area contributed by atoms with Crippen molar-refractivity contribution in [3.63, 3.8) is 0 Å². The smallest absolute Gasteiger partial charge is 0.228 e. The molecule has 0 unspecified atom stereocenters. The Balaban J connectivity index is 1.92. The van der Waals surface area contributed by atoms with Crippen LogP contribution in [-0.4, -0.2) is 17.9 Å². The lowest BCUT2D eigenvalue weighted by Gasteiger charge is -2.13. The molecule has 0 N–H and O–H groups in total. The number of amides is 1. The molecular weight excluding hydrogens is 244 g/mol. The number of carbonyl (C=O) groups excluding carboxylic acids is 1. The predicted octanol–water partition coefficient (Wildman–Crippen LogP) is 3.05. The summed E-state index contributed by atoms with van der Waals surface area (Å²) in [5.41, 5.74) is 2.15. The highest BCUT2D eigenvalue weighted by atomic mass is 32.1. The van der Waals surface area contributed by atoms with Crippen molar-refractivity contribution in [1.82, 2.24) is 4.98 Å². The maximum Gasteiger partial charge on any atom is 0.228 e. The van der Waals surface area contributed by atoms with Crippen molar-refractivity contribution in [1.29, 1.82) is 0 Å². The molecule has 0 aliphatic heterocycles. The molecule has 1 heterocycles. The summed E-state index contributed by atoms with van der Waals surface area (Å²) in [6.07, 6.45) is 1.29. The van der Waals surface area contributed by atoms with Gasteiger partial charge in [0.25, 0.3) is 0 Å². The van der Waals surface area contributed by atoms with Gasteiger partial charge in [-0.25, -0.2) is 4.98 Å². The van der Waals surface area contributed by atoms with Crippen molar-refractivity contribution >= 4 is 22.4 Å². The molecule has 0 fully saturated rings. The third-order valence-corrected chi connectivity index (χ3v) is 3.77. The lowest BCUT2D eigenvalue weighted by atomic mass is 10.1. The highest BCUT2D eigenvalue weighted by Gasteiger charge is 2.13. The molecule has 0 spiro atoms. The normalized spacial score (nSPS) is 10.3. The third-order valence-electron chi connectivity index (χ3n) is 2.74. The van der Waals surface area contributed by atoms with E-state index in [9.17, 15) is 4.79 Å². The van der Waals surface area contributed by atoms with Crippen LogP contribution < -0.4 is 4.90 Å². The number of hydrogen-bond donors (Lipinski definition) is 0. The van der Waals surface area contributed by atoms with Gasteiger partial charge in [-0.2, -0.15) is 0 Å². The molecule has 2 rings (SSSR count). The van der Waals surface area contributed by atoms with Crippen LogP contribution in [0, 0.1) is 6.92 Å². The first kappa shape index (κ1) is 12.8. The van der Waals surface area contributed by atoms with Crippen LogP contribution in [0.25, 0.3) is 0 Å². The molecule has 2 aromatic rings. The Morgan fingerprint density at radius 2 is 2.06 bits per heavy atom. The van der Waals surface area contributed by atoms with E-state index in [0.29, 0.717) is 6.42 Å². The van der Waals surface area contributed by atoms with E-state index >= 15 is 0 Å². The zero-order chi connectivity index (χ0) is 13.0. The van der Waals surface area contributed by atoms with Crippen LogP contribution >= 0.6 is 11.3 Å². The zero-order valence-corrected chi connectivity index (χ0v) is 11.4. The summed E-state index contributed by atoms with van der Waals surface area (Å²) in [5.74, 6) is 0.105. The first-order valence-electron chi connectivity index (χ1n) is 5.89. The Morgan fingerprint density at radius 1 is 1.33 bits per heavy atom. The maximum absolute atomic E-state index is 12.0. The lowest BCUT2D eigenvalue weighted by Crippen LogP contribution is -2.26. The largest absolute Gasteiger partial charge is 0.291 e. The van der Waals surface area contributed by atoms with Crippen LogP contribution in [-0.2, 0) is 11.2 Å². The highest BCUT2D eigenvalue weighted by molar-refractivity contribution is 7.14. The SMILES string of the molecule is Cc1csc(N(C)C(=O)CCc2ccccc2)n1. The third kappa shape index (κ3) is 3.17. The summed E-state index contributed by atoms with van der Waals surface area (Å²) >= 11 is 1.50.